The summed E-state index contributed by atoms with van der Waals surface area (Å²) in [6, 6.07) is 0. The summed E-state index contributed by atoms with van der Waals surface area (Å²) in [4.78, 5) is 23.2. The van der Waals surface area contributed by atoms with Crippen molar-refractivity contribution < 1.29 is 19.1 Å². The average Bonchev–Trinajstić information content (AvgIpc) is 2.30. The van der Waals surface area contributed by atoms with Crippen molar-refractivity contribution in [3.8, 4) is 0 Å². The molecule has 0 amide bonds. The van der Waals surface area contributed by atoms with Crippen LogP contribution in [0.2, 0.25) is 0 Å². The van der Waals surface area contributed by atoms with E-state index in [1.54, 1.807) is 38.2 Å². The summed E-state index contributed by atoms with van der Waals surface area (Å²) in [7, 11) is 0. The fourth-order valence-electron chi connectivity index (χ4n) is 1.53. The van der Waals surface area contributed by atoms with Crippen molar-refractivity contribution in [1.29, 1.82) is 0 Å². The molecule has 0 saturated carbocycles. The van der Waals surface area contributed by atoms with Crippen LogP contribution in [0.4, 0.5) is 0 Å². The standard InChI is InChI=1S/C12H16O4/c1-3-15-11(13)9-7-5-6-8-10(9)12(14)16-4-2/h5-10H,3-4H2,1-2H3/t9-,10+. The average molecular weight is 224 g/mol. The predicted molar refractivity (Wildman–Crippen MR) is 58.5 cm³/mol. The van der Waals surface area contributed by atoms with E-state index < -0.39 is 11.8 Å². The molecule has 88 valence electrons. The number of allylic oxidation sites excluding steroid dienone is 2. The van der Waals surface area contributed by atoms with Gasteiger partial charge in [0.1, 0.15) is 0 Å². The number of ether oxygens (including phenoxy) is 2. The number of esters is 2. The second kappa shape index (κ2) is 6.10. The fraction of sp³-hybridized carbons (Fsp3) is 0.500. The van der Waals surface area contributed by atoms with Crippen molar-refractivity contribution >= 4 is 11.9 Å². The highest BCUT2D eigenvalue weighted by molar-refractivity contribution is 5.85. The molecular formula is C12H16O4. The summed E-state index contributed by atoms with van der Waals surface area (Å²) in [5, 5.41) is 0. The first-order valence-electron chi connectivity index (χ1n) is 5.39. The number of hydrogen-bond donors (Lipinski definition) is 0. The lowest BCUT2D eigenvalue weighted by Gasteiger charge is -2.20. The number of rotatable bonds is 4. The largest absolute Gasteiger partial charge is 0.466 e. The third kappa shape index (κ3) is 2.95. The van der Waals surface area contributed by atoms with Gasteiger partial charge in [0.25, 0.3) is 0 Å². The van der Waals surface area contributed by atoms with Gasteiger partial charge >= 0.3 is 11.9 Å². The van der Waals surface area contributed by atoms with E-state index in [0.29, 0.717) is 13.2 Å². The van der Waals surface area contributed by atoms with Gasteiger partial charge in [-0.2, -0.15) is 0 Å². The predicted octanol–water partition coefficient (Wildman–Crippen LogP) is 1.47. The minimum absolute atomic E-state index is 0.308. The summed E-state index contributed by atoms with van der Waals surface area (Å²) in [5.74, 6) is -1.91. The molecule has 0 aromatic rings. The zero-order valence-corrected chi connectivity index (χ0v) is 9.51. The van der Waals surface area contributed by atoms with Crippen molar-refractivity contribution in [3.63, 3.8) is 0 Å². The maximum absolute atomic E-state index is 11.6. The zero-order valence-electron chi connectivity index (χ0n) is 9.51. The lowest BCUT2D eigenvalue weighted by Crippen LogP contribution is -2.31. The molecular weight excluding hydrogens is 208 g/mol. The van der Waals surface area contributed by atoms with Crippen LogP contribution in [0.1, 0.15) is 13.8 Å². The van der Waals surface area contributed by atoms with E-state index in [1.807, 2.05) is 0 Å². The molecule has 0 saturated heterocycles. The highest BCUT2D eigenvalue weighted by atomic mass is 16.5. The molecule has 4 nitrogen and oxygen atoms in total. The van der Waals surface area contributed by atoms with Crippen LogP contribution in [-0.2, 0) is 19.1 Å². The van der Waals surface area contributed by atoms with E-state index in [4.69, 9.17) is 9.47 Å². The SMILES string of the molecule is CCOC(=O)[C@H]1C=CC=C[C@H]1C(=O)OCC. The highest BCUT2D eigenvalue weighted by Crippen LogP contribution is 2.22. The van der Waals surface area contributed by atoms with Gasteiger partial charge in [0.2, 0.25) is 0 Å². The topological polar surface area (TPSA) is 52.6 Å². The van der Waals surface area contributed by atoms with E-state index in [0.717, 1.165) is 0 Å². The number of carbonyl (C=O) groups excluding carboxylic acids is 2. The lowest BCUT2D eigenvalue weighted by molar-refractivity contribution is -0.156. The molecule has 0 spiro atoms. The van der Waals surface area contributed by atoms with E-state index in [-0.39, 0.29) is 11.9 Å². The van der Waals surface area contributed by atoms with Gasteiger partial charge in [0.05, 0.1) is 25.0 Å². The van der Waals surface area contributed by atoms with Gasteiger partial charge < -0.3 is 9.47 Å². The second-order valence-electron chi connectivity index (χ2n) is 3.33. The van der Waals surface area contributed by atoms with E-state index >= 15 is 0 Å². The van der Waals surface area contributed by atoms with Crippen molar-refractivity contribution in [3.05, 3.63) is 24.3 Å². The van der Waals surface area contributed by atoms with Gasteiger partial charge in [-0.1, -0.05) is 24.3 Å². The normalized spacial score (nSPS) is 22.9. The molecule has 1 rings (SSSR count). The van der Waals surface area contributed by atoms with Gasteiger partial charge in [0, 0.05) is 0 Å². The summed E-state index contributed by atoms with van der Waals surface area (Å²) in [6.45, 7) is 4.09. The highest BCUT2D eigenvalue weighted by Gasteiger charge is 2.33. The maximum atomic E-state index is 11.6. The molecule has 0 heterocycles. The third-order valence-corrected chi connectivity index (χ3v) is 2.25. The van der Waals surface area contributed by atoms with Crippen molar-refractivity contribution in [2.24, 2.45) is 11.8 Å². The maximum Gasteiger partial charge on any atom is 0.313 e. The van der Waals surface area contributed by atoms with E-state index in [9.17, 15) is 9.59 Å². The molecule has 1 aliphatic rings. The van der Waals surface area contributed by atoms with Crippen molar-refractivity contribution in [2.75, 3.05) is 13.2 Å². The Morgan fingerprint density at radius 2 is 1.31 bits per heavy atom. The van der Waals surface area contributed by atoms with E-state index in [2.05, 4.69) is 0 Å². The van der Waals surface area contributed by atoms with Gasteiger partial charge in [-0.05, 0) is 13.8 Å². The molecule has 0 unspecified atom stereocenters. The summed E-state index contributed by atoms with van der Waals surface area (Å²) in [6.07, 6.45) is 6.80. The smallest absolute Gasteiger partial charge is 0.313 e. The molecule has 0 aliphatic heterocycles. The van der Waals surface area contributed by atoms with Crippen molar-refractivity contribution in [1.82, 2.24) is 0 Å². The zero-order chi connectivity index (χ0) is 12.0. The van der Waals surface area contributed by atoms with Crippen LogP contribution in [0.25, 0.3) is 0 Å². The van der Waals surface area contributed by atoms with Gasteiger partial charge in [-0.25, -0.2) is 0 Å². The summed E-state index contributed by atoms with van der Waals surface area (Å²) in [5.41, 5.74) is 0. The van der Waals surface area contributed by atoms with Crippen LogP contribution >= 0.6 is 0 Å². The molecule has 0 N–H and O–H groups in total. The van der Waals surface area contributed by atoms with Gasteiger partial charge in [-0.3, -0.25) is 9.59 Å². The molecule has 0 fully saturated rings. The molecule has 2 atom stereocenters. The first kappa shape index (κ1) is 12.5. The Balaban J connectivity index is 2.73. The molecule has 0 aromatic heterocycles. The monoisotopic (exact) mass is 224 g/mol. The Bertz CT molecular complexity index is 285. The second-order valence-corrected chi connectivity index (χ2v) is 3.33. The van der Waals surface area contributed by atoms with Crippen LogP contribution < -0.4 is 0 Å². The van der Waals surface area contributed by atoms with Crippen LogP contribution in [0, 0.1) is 11.8 Å². The molecule has 4 heteroatoms. The minimum atomic E-state index is -0.566. The Hall–Kier alpha value is -1.58. The van der Waals surface area contributed by atoms with Crippen LogP contribution in [0.3, 0.4) is 0 Å². The lowest BCUT2D eigenvalue weighted by atomic mass is 9.88. The van der Waals surface area contributed by atoms with Gasteiger partial charge in [0.15, 0.2) is 0 Å². The minimum Gasteiger partial charge on any atom is -0.466 e. The quantitative estimate of drug-likeness (QED) is 0.678. The third-order valence-electron chi connectivity index (χ3n) is 2.25. The molecule has 1 aliphatic carbocycles. The van der Waals surface area contributed by atoms with E-state index in [1.165, 1.54) is 0 Å². The Morgan fingerprint density at radius 3 is 1.62 bits per heavy atom. The number of hydrogen-bond acceptors (Lipinski definition) is 4. The van der Waals surface area contributed by atoms with Gasteiger partial charge in [-0.15, -0.1) is 0 Å². The van der Waals surface area contributed by atoms with Crippen LogP contribution in [0.5, 0.6) is 0 Å². The first-order chi connectivity index (χ1) is 7.70. The van der Waals surface area contributed by atoms with Crippen LogP contribution in [0.15, 0.2) is 24.3 Å². The Labute approximate surface area is 94.9 Å². The molecule has 16 heavy (non-hydrogen) atoms. The summed E-state index contributed by atoms with van der Waals surface area (Å²) >= 11 is 0. The summed E-state index contributed by atoms with van der Waals surface area (Å²) < 4.78 is 9.82. The Kier molecular flexibility index (Phi) is 4.76. The first-order valence-corrected chi connectivity index (χ1v) is 5.39. The molecule has 0 bridgehead atoms. The van der Waals surface area contributed by atoms with Crippen LogP contribution in [-0.4, -0.2) is 25.2 Å². The molecule has 0 aromatic carbocycles. The molecule has 0 radical (unpaired) electrons. The van der Waals surface area contributed by atoms with Crippen molar-refractivity contribution in [2.45, 2.75) is 13.8 Å². The fourth-order valence-corrected chi connectivity index (χ4v) is 1.53. The Morgan fingerprint density at radius 1 is 0.938 bits per heavy atom. The number of carbonyl (C=O) groups is 2.